The fraction of sp³-hybridized carbons (Fsp3) is 0.179. The number of benzene rings is 8. The van der Waals surface area contributed by atoms with Crippen LogP contribution in [0.25, 0.3) is 55.3 Å². The van der Waals surface area contributed by atoms with Crippen LogP contribution in [-0.2, 0) is 5.41 Å². The summed E-state index contributed by atoms with van der Waals surface area (Å²) in [5.41, 5.74) is 17.3. The molecule has 4 saturated carbocycles. The highest BCUT2D eigenvalue weighted by atomic mass is 15.1. The molecule has 1 nitrogen and oxygen atoms in total. The lowest BCUT2D eigenvalue weighted by Gasteiger charge is -2.61. The lowest BCUT2D eigenvalue weighted by molar-refractivity contribution is -0.0399. The summed E-state index contributed by atoms with van der Waals surface area (Å²) in [4.78, 5) is 2.55. The number of anilines is 3. The maximum absolute atomic E-state index is 2.63. The van der Waals surface area contributed by atoms with Crippen molar-refractivity contribution in [3.05, 3.63) is 199 Å². The lowest BCUT2D eigenvalue weighted by Crippen LogP contribution is -2.55. The summed E-state index contributed by atoms with van der Waals surface area (Å²) < 4.78 is 0. The molecule has 5 aliphatic carbocycles. The van der Waals surface area contributed by atoms with Gasteiger partial charge in [0.25, 0.3) is 0 Å². The SMILES string of the molecule is c1ccc(-c2ccc(-c3ccc(N(c4ccc5c(c4)C4(c6ccccc6-5)C5CC6CC(C5)CC4C6)c4ccc(-c5ccccc5)c5ccccc45)cc3)cc2)cc1. The fourth-order valence-electron chi connectivity index (χ4n) is 12.3. The maximum atomic E-state index is 2.63. The van der Waals surface area contributed by atoms with Gasteiger partial charge < -0.3 is 4.90 Å². The van der Waals surface area contributed by atoms with Crippen molar-refractivity contribution in [1.29, 1.82) is 0 Å². The zero-order chi connectivity index (χ0) is 37.5. The summed E-state index contributed by atoms with van der Waals surface area (Å²) in [5, 5.41) is 2.53. The zero-order valence-electron chi connectivity index (χ0n) is 32.2. The molecule has 57 heavy (non-hydrogen) atoms. The van der Waals surface area contributed by atoms with E-state index in [-0.39, 0.29) is 5.41 Å². The van der Waals surface area contributed by atoms with Crippen molar-refractivity contribution in [2.24, 2.45) is 23.7 Å². The molecule has 0 amide bonds. The molecule has 0 atom stereocenters. The Morgan fingerprint density at radius 3 is 1.51 bits per heavy atom. The number of nitrogens with zero attached hydrogens (tertiary/aromatic N) is 1. The molecule has 13 rings (SSSR count). The van der Waals surface area contributed by atoms with Gasteiger partial charge in [-0.3, -0.25) is 0 Å². The van der Waals surface area contributed by atoms with Crippen LogP contribution in [-0.4, -0.2) is 0 Å². The van der Waals surface area contributed by atoms with Crippen LogP contribution in [0.5, 0.6) is 0 Å². The van der Waals surface area contributed by atoms with E-state index in [1.165, 1.54) is 104 Å². The van der Waals surface area contributed by atoms with E-state index in [9.17, 15) is 0 Å². The Morgan fingerprint density at radius 1 is 0.351 bits per heavy atom. The topological polar surface area (TPSA) is 3.24 Å². The smallest absolute Gasteiger partial charge is 0.0540 e. The Kier molecular flexibility index (Phi) is 7.49. The minimum absolute atomic E-state index is 0.107. The van der Waals surface area contributed by atoms with Crippen molar-refractivity contribution in [3.8, 4) is 44.5 Å². The van der Waals surface area contributed by atoms with E-state index >= 15 is 0 Å². The Labute approximate surface area is 336 Å². The van der Waals surface area contributed by atoms with Gasteiger partial charge in [-0.1, -0.05) is 158 Å². The molecule has 0 aromatic heterocycles. The third-order valence-corrected chi connectivity index (χ3v) is 14.5. The summed E-state index contributed by atoms with van der Waals surface area (Å²) in [6, 6.07) is 70.5. The third-order valence-electron chi connectivity index (χ3n) is 14.5. The van der Waals surface area contributed by atoms with Gasteiger partial charge in [0.2, 0.25) is 0 Å². The predicted octanol–water partition coefficient (Wildman–Crippen LogP) is 15.0. The first-order valence-electron chi connectivity index (χ1n) is 21.1. The van der Waals surface area contributed by atoms with Gasteiger partial charge in [-0.05, 0) is 147 Å². The van der Waals surface area contributed by atoms with Crippen molar-refractivity contribution < 1.29 is 0 Å². The van der Waals surface area contributed by atoms with E-state index in [1.54, 1.807) is 11.1 Å². The molecule has 0 N–H and O–H groups in total. The second-order valence-electron chi connectivity index (χ2n) is 17.3. The second-order valence-corrected chi connectivity index (χ2v) is 17.3. The van der Waals surface area contributed by atoms with Crippen LogP contribution in [0, 0.1) is 23.7 Å². The van der Waals surface area contributed by atoms with E-state index in [1.807, 2.05) is 0 Å². The molecule has 8 aromatic rings. The van der Waals surface area contributed by atoms with E-state index in [4.69, 9.17) is 0 Å². The number of hydrogen-bond donors (Lipinski definition) is 0. The van der Waals surface area contributed by atoms with Crippen molar-refractivity contribution in [1.82, 2.24) is 0 Å². The lowest BCUT2D eigenvalue weighted by atomic mass is 9.43. The monoisotopic (exact) mass is 731 g/mol. The van der Waals surface area contributed by atoms with Crippen LogP contribution in [0.3, 0.4) is 0 Å². The van der Waals surface area contributed by atoms with Gasteiger partial charge in [0.15, 0.2) is 0 Å². The molecule has 5 aliphatic rings. The second kappa shape index (κ2) is 12.9. The minimum Gasteiger partial charge on any atom is -0.310 e. The molecule has 8 aromatic carbocycles. The molecule has 274 valence electrons. The minimum atomic E-state index is 0.107. The third kappa shape index (κ3) is 5.08. The molecular formula is C56H45N. The van der Waals surface area contributed by atoms with Crippen molar-refractivity contribution >= 4 is 27.8 Å². The largest absolute Gasteiger partial charge is 0.310 e. The predicted molar refractivity (Wildman–Crippen MR) is 238 cm³/mol. The number of rotatable bonds is 6. The Morgan fingerprint density at radius 2 is 0.842 bits per heavy atom. The van der Waals surface area contributed by atoms with E-state index in [0.29, 0.717) is 0 Å². The Balaban J connectivity index is 1.02. The molecule has 0 heterocycles. The van der Waals surface area contributed by atoms with Crippen LogP contribution in [0.1, 0.15) is 43.2 Å². The molecule has 0 aliphatic heterocycles. The average molecular weight is 732 g/mol. The fourth-order valence-corrected chi connectivity index (χ4v) is 12.3. The van der Waals surface area contributed by atoms with E-state index < -0.39 is 0 Å². The van der Waals surface area contributed by atoms with Gasteiger partial charge >= 0.3 is 0 Å². The Hall–Kier alpha value is -6.18. The van der Waals surface area contributed by atoms with Crippen molar-refractivity contribution in [3.63, 3.8) is 0 Å². The number of fused-ring (bicyclic) bond motifs is 4. The first kappa shape index (κ1) is 33.0. The van der Waals surface area contributed by atoms with Gasteiger partial charge in [-0.25, -0.2) is 0 Å². The highest BCUT2D eigenvalue weighted by Crippen LogP contribution is 2.69. The van der Waals surface area contributed by atoms with Gasteiger partial charge in [-0.2, -0.15) is 0 Å². The summed E-state index contributed by atoms with van der Waals surface area (Å²) in [5.74, 6) is 3.27. The first-order chi connectivity index (χ1) is 28.2. The standard InChI is InChI=1S/C56H45N/c1-3-11-39(12-4-1)40-19-21-41(22-20-40)42-23-25-46(26-24-42)57(55-30-29-48(43-13-5-2-6-14-43)49-15-7-8-17-52(49)55)47-27-28-51-50-16-9-10-18-53(50)56(54(51)36-47)44-32-37-31-38(34-44)35-45(56)33-37/h1-30,36-38,44-45H,31-35H2. The molecule has 1 heteroatoms. The van der Waals surface area contributed by atoms with E-state index in [0.717, 1.165) is 23.7 Å². The molecule has 4 fully saturated rings. The summed E-state index contributed by atoms with van der Waals surface area (Å²) in [6.45, 7) is 0. The maximum Gasteiger partial charge on any atom is 0.0540 e. The highest BCUT2D eigenvalue weighted by Gasteiger charge is 2.61. The van der Waals surface area contributed by atoms with Crippen LogP contribution in [0.4, 0.5) is 17.1 Å². The van der Waals surface area contributed by atoms with Gasteiger partial charge in [0, 0.05) is 22.2 Å². The molecule has 0 saturated heterocycles. The van der Waals surface area contributed by atoms with Crippen LogP contribution in [0.15, 0.2) is 188 Å². The van der Waals surface area contributed by atoms with Gasteiger partial charge in [0.1, 0.15) is 0 Å². The van der Waals surface area contributed by atoms with Crippen LogP contribution >= 0.6 is 0 Å². The van der Waals surface area contributed by atoms with Crippen molar-refractivity contribution in [2.75, 3.05) is 4.90 Å². The van der Waals surface area contributed by atoms with Gasteiger partial charge in [-0.15, -0.1) is 0 Å². The zero-order valence-corrected chi connectivity index (χ0v) is 32.2. The van der Waals surface area contributed by atoms with Crippen LogP contribution in [0.2, 0.25) is 0 Å². The Bertz CT molecular complexity index is 2750. The summed E-state index contributed by atoms with van der Waals surface area (Å²) in [7, 11) is 0. The highest BCUT2D eigenvalue weighted by molar-refractivity contribution is 6.06. The molecule has 0 unspecified atom stereocenters. The average Bonchev–Trinajstić information content (AvgIpc) is 3.56. The normalized spacial score (nSPS) is 22.5. The summed E-state index contributed by atoms with van der Waals surface area (Å²) >= 11 is 0. The van der Waals surface area contributed by atoms with Gasteiger partial charge in [0.05, 0.1) is 5.69 Å². The quantitative estimate of drug-likeness (QED) is 0.165. The van der Waals surface area contributed by atoms with E-state index in [2.05, 4.69) is 193 Å². The summed E-state index contributed by atoms with van der Waals surface area (Å²) in [6.07, 6.45) is 7.00. The molecule has 1 spiro atoms. The van der Waals surface area contributed by atoms with Crippen molar-refractivity contribution in [2.45, 2.75) is 37.5 Å². The number of hydrogen-bond acceptors (Lipinski definition) is 1. The molecule has 4 bridgehead atoms. The molecule has 0 radical (unpaired) electrons. The molecular weight excluding hydrogens is 687 g/mol. The van der Waals surface area contributed by atoms with Crippen LogP contribution < -0.4 is 4.90 Å². The first-order valence-corrected chi connectivity index (χ1v) is 21.1.